The highest BCUT2D eigenvalue weighted by Gasteiger charge is 2.30. The third-order valence-corrected chi connectivity index (χ3v) is 2.40. The summed E-state index contributed by atoms with van der Waals surface area (Å²) >= 11 is 0. The van der Waals surface area contributed by atoms with Crippen LogP contribution in [-0.2, 0) is 11.0 Å². The number of hydrogen-bond acceptors (Lipinski definition) is 2. The maximum absolute atomic E-state index is 12.3. The standard InChI is InChI=1S/C12H12F3NO2/c1-7(6-10(16)11(17)18)8-2-4-9(5-3-8)12(13,14)15/h2-5,10H,1,6,16H2,(H,17,18)/t10-/m1/s1. The molecule has 0 aliphatic heterocycles. The average Bonchev–Trinajstić information content (AvgIpc) is 2.27. The highest BCUT2D eigenvalue weighted by molar-refractivity contribution is 5.77. The fourth-order valence-corrected chi connectivity index (χ4v) is 1.37. The van der Waals surface area contributed by atoms with Crippen LogP contribution in [0.25, 0.3) is 5.57 Å². The molecule has 1 atom stereocenters. The third-order valence-electron chi connectivity index (χ3n) is 2.40. The van der Waals surface area contributed by atoms with Gasteiger partial charge in [0.1, 0.15) is 6.04 Å². The molecule has 0 amide bonds. The number of benzene rings is 1. The number of carboxylic acids is 1. The summed E-state index contributed by atoms with van der Waals surface area (Å²) in [6.45, 7) is 3.61. The highest BCUT2D eigenvalue weighted by atomic mass is 19.4. The summed E-state index contributed by atoms with van der Waals surface area (Å²) in [4.78, 5) is 10.5. The van der Waals surface area contributed by atoms with Crippen LogP contribution in [0.1, 0.15) is 17.5 Å². The summed E-state index contributed by atoms with van der Waals surface area (Å²) in [5.74, 6) is -1.18. The molecule has 3 N–H and O–H groups in total. The van der Waals surface area contributed by atoms with Crippen molar-refractivity contribution >= 4 is 11.5 Å². The van der Waals surface area contributed by atoms with Gasteiger partial charge >= 0.3 is 12.1 Å². The largest absolute Gasteiger partial charge is 0.480 e. The molecule has 0 spiro atoms. The molecule has 6 heteroatoms. The molecule has 0 radical (unpaired) electrons. The van der Waals surface area contributed by atoms with Crippen molar-refractivity contribution in [3.63, 3.8) is 0 Å². The zero-order chi connectivity index (χ0) is 13.9. The van der Waals surface area contributed by atoms with E-state index >= 15 is 0 Å². The first-order chi connectivity index (χ1) is 8.21. The summed E-state index contributed by atoms with van der Waals surface area (Å²) < 4.78 is 36.9. The molecule has 98 valence electrons. The molecular formula is C12H12F3NO2. The lowest BCUT2D eigenvalue weighted by Crippen LogP contribution is -2.30. The molecule has 1 aromatic rings. The van der Waals surface area contributed by atoms with Crippen molar-refractivity contribution < 1.29 is 23.1 Å². The van der Waals surface area contributed by atoms with Gasteiger partial charge in [-0.25, -0.2) is 0 Å². The van der Waals surface area contributed by atoms with Crippen molar-refractivity contribution in [2.45, 2.75) is 18.6 Å². The number of nitrogens with two attached hydrogens (primary N) is 1. The van der Waals surface area contributed by atoms with E-state index in [2.05, 4.69) is 6.58 Å². The van der Waals surface area contributed by atoms with Crippen molar-refractivity contribution in [2.75, 3.05) is 0 Å². The average molecular weight is 259 g/mol. The molecule has 1 aromatic carbocycles. The van der Waals surface area contributed by atoms with Crippen LogP contribution >= 0.6 is 0 Å². The van der Waals surface area contributed by atoms with Gasteiger partial charge in [0, 0.05) is 0 Å². The van der Waals surface area contributed by atoms with Gasteiger partial charge in [-0.3, -0.25) is 4.79 Å². The molecule has 3 nitrogen and oxygen atoms in total. The van der Waals surface area contributed by atoms with E-state index in [-0.39, 0.29) is 6.42 Å². The van der Waals surface area contributed by atoms with Crippen molar-refractivity contribution in [3.8, 4) is 0 Å². The summed E-state index contributed by atoms with van der Waals surface area (Å²) in [7, 11) is 0. The van der Waals surface area contributed by atoms with Gasteiger partial charge in [-0.1, -0.05) is 18.7 Å². The second-order valence-corrected chi connectivity index (χ2v) is 3.83. The van der Waals surface area contributed by atoms with Crippen LogP contribution in [0, 0.1) is 0 Å². The number of rotatable bonds is 4. The summed E-state index contributed by atoms with van der Waals surface area (Å²) in [6, 6.07) is 3.23. The van der Waals surface area contributed by atoms with E-state index in [0.29, 0.717) is 11.1 Å². The first-order valence-electron chi connectivity index (χ1n) is 5.05. The minimum atomic E-state index is -4.39. The minimum absolute atomic E-state index is 0.0132. The van der Waals surface area contributed by atoms with E-state index in [9.17, 15) is 18.0 Å². The van der Waals surface area contributed by atoms with Crippen LogP contribution in [0.4, 0.5) is 13.2 Å². The lowest BCUT2D eigenvalue weighted by Gasteiger charge is -2.11. The van der Waals surface area contributed by atoms with Crippen molar-refractivity contribution in [3.05, 3.63) is 42.0 Å². The monoisotopic (exact) mass is 259 g/mol. The Labute approximate surface area is 102 Å². The van der Waals surface area contributed by atoms with E-state index in [0.717, 1.165) is 12.1 Å². The Morgan fingerprint density at radius 1 is 1.33 bits per heavy atom. The van der Waals surface area contributed by atoms with Gasteiger partial charge in [0.05, 0.1) is 5.56 Å². The molecule has 0 saturated carbocycles. The van der Waals surface area contributed by atoms with Crippen LogP contribution in [0.3, 0.4) is 0 Å². The van der Waals surface area contributed by atoms with Gasteiger partial charge in [-0.05, 0) is 29.7 Å². The molecular weight excluding hydrogens is 247 g/mol. The first kappa shape index (κ1) is 14.2. The van der Waals surface area contributed by atoms with Gasteiger partial charge in [0.25, 0.3) is 0 Å². The molecule has 0 saturated heterocycles. The normalized spacial score (nSPS) is 13.1. The van der Waals surface area contributed by atoms with E-state index in [1.54, 1.807) is 0 Å². The Morgan fingerprint density at radius 2 is 1.83 bits per heavy atom. The van der Waals surface area contributed by atoms with E-state index in [1.807, 2.05) is 0 Å². The highest BCUT2D eigenvalue weighted by Crippen LogP contribution is 2.30. The summed E-state index contributed by atoms with van der Waals surface area (Å²) in [6.07, 6.45) is -4.40. The molecule has 0 aromatic heterocycles. The second-order valence-electron chi connectivity index (χ2n) is 3.83. The Hall–Kier alpha value is -1.82. The molecule has 0 heterocycles. The number of alkyl halides is 3. The number of hydrogen-bond donors (Lipinski definition) is 2. The quantitative estimate of drug-likeness (QED) is 0.873. The number of carboxylic acid groups (broad SMARTS) is 1. The van der Waals surface area contributed by atoms with E-state index in [4.69, 9.17) is 10.8 Å². The first-order valence-corrected chi connectivity index (χ1v) is 5.05. The van der Waals surface area contributed by atoms with Crippen molar-refractivity contribution in [1.82, 2.24) is 0 Å². The van der Waals surface area contributed by atoms with Gasteiger partial charge < -0.3 is 10.8 Å². The zero-order valence-corrected chi connectivity index (χ0v) is 9.37. The molecule has 0 bridgehead atoms. The molecule has 18 heavy (non-hydrogen) atoms. The minimum Gasteiger partial charge on any atom is -0.480 e. The Morgan fingerprint density at radius 3 is 2.22 bits per heavy atom. The van der Waals surface area contributed by atoms with Crippen LogP contribution in [0.5, 0.6) is 0 Å². The van der Waals surface area contributed by atoms with Crippen molar-refractivity contribution in [2.24, 2.45) is 5.73 Å². The Kier molecular flexibility index (Phi) is 4.13. The van der Waals surface area contributed by atoms with Gasteiger partial charge in [-0.15, -0.1) is 0 Å². The van der Waals surface area contributed by atoms with Crippen LogP contribution in [-0.4, -0.2) is 17.1 Å². The summed E-state index contributed by atoms with van der Waals surface area (Å²) in [5.41, 5.74) is 5.38. The van der Waals surface area contributed by atoms with Crippen LogP contribution in [0.2, 0.25) is 0 Å². The van der Waals surface area contributed by atoms with Gasteiger partial charge in [0.15, 0.2) is 0 Å². The summed E-state index contributed by atoms with van der Waals surface area (Å²) in [5, 5.41) is 8.61. The fourth-order valence-electron chi connectivity index (χ4n) is 1.37. The predicted molar refractivity (Wildman–Crippen MR) is 60.7 cm³/mol. The maximum Gasteiger partial charge on any atom is 0.416 e. The number of aliphatic carboxylic acids is 1. The lowest BCUT2D eigenvalue weighted by atomic mass is 9.99. The van der Waals surface area contributed by atoms with Gasteiger partial charge in [-0.2, -0.15) is 13.2 Å². The SMILES string of the molecule is C=C(C[C@@H](N)C(=O)O)c1ccc(C(F)(F)F)cc1. The molecule has 0 fully saturated rings. The lowest BCUT2D eigenvalue weighted by molar-refractivity contribution is -0.138. The molecule has 0 aliphatic rings. The number of carbonyl (C=O) groups is 1. The van der Waals surface area contributed by atoms with Crippen LogP contribution in [0.15, 0.2) is 30.8 Å². The number of halogens is 3. The van der Waals surface area contributed by atoms with E-state index < -0.39 is 23.8 Å². The second kappa shape index (κ2) is 5.22. The van der Waals surface area contributed by atoms with E-state index in [1.165, 1.54) is 12.1 Å². The molecule has 0 aliphatic carbocycles. The Balaban J connectivity index is 2.80. The smallest absolute Gasteiger partial charge is 0.416 e. The Bertz CT molecular complexity index is 451. The zero-order valence-electron chi connectivity index (χ0n) is 9.37. The van der Waals surface area contributed by atoms with Gasteiger partial charge in [0.2, 0.25) is 0 Å². The molecule has 0 unspecified atom stereocenters. The van der Waals surface area contributed by atoms with Crippen LogP contribution < -0.4 is 5.73 Å². The topological polar surface area (TPSA) is 63.3 Å². The maximum atomic E-state index is 12.3. The third kappa shape index (κ3) is 3.59. The van der Waals surface area contributed by atoms with Crippen molar-refractivity contribution in [1.29, 1.82) is 0 Å². The molecule has 1 rings (SSSR count). The predicted octanol–water partition coefficient (Wildman–Crippen LogP) is 2.52. The fraction of sp³-hybridized carbons (Fsp3) is 0.250.